The molecule has 0 aliphatic rings. The van der Waals surface area contributed by atoms with E-state index < -0.39 is 17.3 Å². The predicted octanol–water partition coefficient (Wildman–Crippen LogP) is 0.721. The highest BCUT2D eigenvalue weighted by atomic mass is 19.1. The Morgan fingerprint density at radius 2 is 2.27 bits per heavy atom. The molecule has 0 spiro atoms. The molecule has 0 radical (unpaired) electrons. The summed E-state index contributed by atoms with van der Waals surface area (Å²) in [5, 5.41) is 11.5. The minimum atomic E-state index is -0.715. The van der Waals surface area contributed by atoms with Gasteiger partial charge in [0.2, 0.25) is 0 Å². The number of aromatic nitrogens is 1. The van der Waals surface area contributed by atoms with E-state index in [9.17, 15) is 9.18 Å². The van der Waals surface area contributed by atoms with Crippen LogP contribution in [0.1, 0.15) is 24.3 Å². The fourth-order valence-electron chi connectivity index (χ4n) is 0.921. The molecule has 0 fully saturated rings. The highest BCUT2D eigenvalue weighted by Gasteiger charge is 2.20. The van der Waals surface area contributed by atoms with Crippen molar-refractivity contribution in [2.75, 3.05) is 6.61 Å². The zero-order chi connectivity index (χ0) is 11.5. The zero-order valence-corrected chi connectivity index (χ0v) is 8.62. The van der Waals surface area contributed by atoms with Gasteiger partial charge in [-0.3, -0.25) is 4.79 Å². The quantitative estimate of drug-likeness (QED) is 0.776. The molecule has 0 atom stereocenters. The topological polar surface area (TPSA) is 62.2 Å². The molecule has 0 saturated heterocycles. The van der Waals surface area contributed by atoms with Crippen LogP contribution in [0, 0.1) is 5.82 Å². The average molecular weight is 212 g/mol. The minimum absolute atomic E-state index is 0.123. The smallest absolute Gasteiger partial charge is 0.270 e. The highest BCUT2D eigenvalue weighted by molar-refractivity contribution is 5.92. The molecule has 0 bridgehead atoms. The SMILES string of the molecule is CC(C)(CO)NC(=O)c1ccc(F)cn1. The molecular formula is C10H13FN2O2. The van der Waals surface area contributed by atoms with Crippen LogP contribution in [0.25, 0.3) is 0 Å². The van der Waals surface area contributed by atoms with E-state index in [1.54, 1.807) is 13.8 Å². The number of hydrogen-bond acceptors (Lipinski definition) is 3. The number of nitrogens with one attached hydrogen (secondary N) is 1. The minimum Gasteiger partial charge on any atom is -0.394 e. The van der Waals surface area contributed by atoms with Gasteiger partial charge >= 0.3 is 0 Å². The number of carbonyl (C=O) groups excluding carboxylic acids is 1. The third-order valence-electron chi connectivity index (χ3n) is 1.81. The van der Waals surface area contributed by atoms with Crippen LogP contribution in [0.4, 0.5) is 4.39 Å². The Balaban J connectivity index is 2.74. The van der Waals surface area contributed by atoms with Crippen LogP contribution in [0.2, 0.25) is 0 Å². The van der Waals surface area contributed by atoms with Gasteiger partial charge in [-0.1, -0.05) is 0 Å². The van der Waals surface area contributed by atoms with Gasteiger partial charge in [0.05, 0.1) is 18.3 Å². The maximum absolute atomic E-state index is 12.5. The van der Waals surface area contributed by atoms with Crippen molar-refractivity contribution in [3.63, 3.8) is 0 Å². The largest absolute Gasteiger partial charge is 0.394 e. The van der Waals surface area contributed by atoms with Crippen molar-refractivity contribution in [1.29, 1.82) is 0 Å². The van der Waals surface area contributed by atoms with Crippen molar-refractivity contribution < 1.29 is 14.3 Å². The number of hydrogen-bond donors (Lipinski definition) is 2. The lowest BCUT2D eigenvalue weighted by atomic mass is 10.1. The van der Waals surface area contributed by atoms with E-state index in [2.05, 4.69) is 10.3 Å². The van der Waals surface area contributed by atoms with Gasteiger partial charge in [0.1, 0.15) is 11.5 Å². The first-order valence-corrected chi connectivity index (χ1v) is 4.49. The number of halogens is 1. The highest BCUT2D eigenvalue weighted by Crippen LogP contribution is 2.03. The number of nitrogens with zero attached hydrogens (tertiary/aromatic N) is 1. The summed E-state index contributed by atoms with van der Waals surface area (Å²) in [5.74, 6) is -0.929. The van der Waals surface area contributed by atoms with Crippen LogP contribution in [-0.2, 0) is 0 Å². The van der Waals surface area contributed by atoms with Gasteiger partial charge in [-0.2, -0.15) is 0 Å². The molecule has 1 amide bonds. The summed E-state index contributed by atoms with van der Waals surface area (Å²) in [4.78, 5) is 15.2. The number of carbonyl (C=O) groups is 1. The van der Waals surface area contributed by atoms with E-state index in [0.29, 0.717) is 0 Å². The number of rotatable bonds is 3. The maximum atomic E-state index is 12.5. The van der Waals surface area contributed by atoms with E-state index in [-0.39, 0.29) is 12.3 Å². The van der Waals surface area contributed by atoms with E-state index in [4.69, 9.17) is 5.11 Å². The third kappa shape index (κ3) is 3.28. The maximum Gasteiger partial charge on any atom is 0.270 e. The molecule has 1 rings (SSSR count). The molecule has 1 aromatic rings. The molecule has 0 unspecified atom stereocenters. The summed E-state index contributed by atoms with van der Waals surface area (Å²) in [6.45, 7) is 3.17. The summed E-state index contributed by atoms with van der Waals surface area (Å²) in [7, 11) is 0. The summed E-state index contributed by atoms with van der Waals surface area (Å²) >= 11 is 0. The van der Waals surface area contributed by atoms with Gasteiger partial charge in [-0.15, -0.1) is 0 Å². The van der Waals surface area contributed by atoms with Crippen LogP contribution in [0.5, 0.6) is 0 Å². The van der Waals surface area contributed by atoms with Crippen LogP contribution in [0.3, 0.4) is 0 Å². The monoisotopic (exact) mass is 212 g/mol. The number of aliphatic hydroxyl groups excluding tert-OH is 1. The molecule has 0 saturated carbocycles. The van der Waals surface area contributed by atoms with Gasteiger partial charge in [-0.05, 0) is 26.0 Å². The Bertz CT molecular complexity index is 349. The number of amides is 1. The summed E-state index contributed by atoms with van der Waals surface area (Å²) < 4.78 is 12.5. The van der Waals surface area contributed by atoms with E-state index in [1.807, 2.05) is 0 Å². The van der Waals surface area contributed by atoms with Crippen molar-refractivity contribution in [3.05, 3.63) is 29.8 Å². The molecule has 0 aromatic carbocycles. The summed E-state index contributed by atoms with van der Waals surface area (Å²) in [5.41, 5.74) is -0.592. The lowest BCUT2D eigenvalue weighted by Gasteiger charge is -2.22. The first-order valence-electron chi connectivity index (χ1n) is 4.49. The van der Waals surface area contributed by atoms with E-state index in [1.165, 1.54) is 6.07 Å². The van der Waals surface area contributed by atoms with Crippen molar-refractivity contribution in [2.24, 2.45) is 0 Å². The third-order valence-corrected chi connectivity index (χ3v) is 1.81. The summed E-state index contributed by atoms with van der Waals surface area (Å²) in [6, 6.07) is 2.45. The Hall–Kier alpha value is -1.49. The number of aliphatic hydroxyl groups is 1. The molecular weight excluding hydrogens is 199 g/mol. The second-order valence-electron chi connectivity index (χ2n) is 3.86. The molecule has 1 heterocycles. The fourth-order valence-corrected chi connectivity index (χ4v) is 0.921. The molecule has 5 heteroatoms. The van der Waals surface area contributed by atoms with Gasteiger partial charge in [0.25, 0.3) is 5.91 Å². The zero-order valence-electron chi connectivity index (χ0n) is 8.62. The second kappa shape index (κ2) is 4.35. The van der Waals surface area contributed by atoms with Crippen LogP contribution in [0.15, 0.2) is 18.3 Å². The normalized spacial score (nSPS) is 11.2. The van der Waals surface area contributed by atoms with Gasteiger partial charge in [0.15, 0.2) is 0 Å². The second-order valence-corrected chi connectivity index (χ2v) is 3.86. The lowest BCUT2D eigenvalue weighted by molar-refractivity contribution is 0.0864. The van der Waals surface area contributed by atoms with Crippen molar-refractivity contribution >= 4 is 5.91 Å². The molecule has 82 valence electrons. The molecule has 1 aromatic heterocycles. The fraction of sp³-hybridized carbons (Fsp3) is 0.400. The summed E-state index contributed by atoms with van der Waals surface area (Å²) in [6.07, 6.45) is 0.973. The van der Waals surface area contributed by atoms with Gasteiger partial charge in [0, 0.05) is 0 Å². The number of pyridine rings is 1. The van der Waals surface area contributed by atoms with Crippen molar-refractivity contribution in [2.45, 2.75) is 19.4 Å². The molecule has 15 heavy (non-hydrogen) atoms. The Kier molecular flexibility index (Phi) is 3.36. The molecule has 0 aliphatic heterocycles. The van der Waals surface area contributed by atoms with Crippen molar-refractivity contribution in [3.8, 4) is 0 Å². The first kappa shape index (κ1) is 11.6. The molecule has 0 aliphatic carbocycles. The van der Waals surface area contributed by atoms with Gasteiger partial charge < -0.3 is 10.4 Å². The Morgan fingerprint density at radius 3 is 2.73 bits per heavy atom. The lowest BCUT2D eigenvalue weighted by Crippen LogP contribution is -2.46. The standard InChI is InChI=1S/C10H13FN2O2/c1-10(2,6-14)13-9(15)8-4-3-7(11)5-12-8/h3-5,14H,6H2,1-2H3,(H,13,15). The van der Waals surface area contributed by atoms with E-state index >= 15 is 0 Å². The predicted molar refractivity (Wildman–Crippen MR) is 52.8 cm³/mol. The molecule has 4 nitrogen and oxygen atoms in total. The van der Waals surface area contributed by atoms with Gasteiger partial charge in [-0.25, -0.2) is 9.37 Å². The van der Waals surface area contributed by atoms with Crippen LogP contribution >= 0.6 is 0 Å². The van der Waals surface area contributed by atoms with Crippen molar-refractivity contribution in [1.82, 2.24) is 10.3 Å². The van der Waals surface area contributed by atoms with Crippen LogP contribution < -0.4 is 5.32 Å². The van der Waals surface area contributed by atoms with E-state index in [0.717, 1.165) is 12.3 Å². The van der Waals surface area contributed by atoms with Crippen LogP contribution in [-0.4, -0.2) is 28.1 Å². The Morgan fingerprint density at radius 1 is 1.60 bits per heavy atom. The Labute approximate surface area is 87.1 Å². The average Bonchev–Trinajstić information content (AvgIpc) is 2.18. The first-order chi connectivity index (χ1) is 6.94. The molecule has 2 N–H and O–H groups in total.